The predicted octanol–water partition coefficient (Wildman–Crippen LogP) is 2.24. The van der Waals surface area contributed by atoms with Gasteiger partial charge in [0.1, 0.15) is 0 Å². The summed E-state index contributed by atoms with van der Waals surface area (Å²) in [6.07, 6.45) is 3.61. The van der Waals surface area contributed by atoms with Crippen LogP contribution in [0, 0.1) is 10.1 Å². The molecule has 18 heavy (non-hydrogen) atoms. The minimum absolute atomic E-state index is 0.168. The molecular weight excluding hydrogens is 236 g/mol. The number of rotatable bonds is 3. The Balaban J connectivity index is 2.65. The van der Waals surface area contributed by atoms with Crippen LogP contribution in [-0.4, -0.2) is 21.0 Å². The van der Waals surface area contributed by atoms with Crippen LogP contribution in [0.15, 0.2) is 36.5 Å². The van der Waals surface area contributed by atoms with Crippen molar-refractivity contribution in [3.63, 3.8) is 0 Å². The first-order valence-electron chi connectivity index (χ1n) is 5.02. The van der Waals surface area contributed by atoms with E-state index in [1.165, 1.54) is 12.1 Å². The molecule has 0 unspecified atom stereocenters. The van der Waals surface area contributed by atoms with Gasteiger partial charge in [-0.3, -0.25) is 15.1 Å². The lowest BCUT2D eigenvalue weighted by molar-refractivity contribution is -0.384. The molecule has 0 saturated carbocycles. The summed E-state index contributed by atoms with van der Waals surface area (Å²) in [5.74, 6) is -1.16. The van der Waals surface area contributed by atoms with E-state index in [4.69, 9.17) is 5.11 Å². The van der Waals surface area contributed by atoms with Crippen LogP contribution < -0.4 is 0 Å². The summed E-state index contributed by atoms with van der Waals surface area (Å²) < 4.78 is 0. The lowest BCUT2D eigenvalue weighted by atomic mass is 10.1. The van der Waals surface area contributed by atoms with E-state index in [0.29, 0.717) is 10.9 Å². The number of carboxylic acids is 1. The zero-order chi connectivity index (χ0) is 13.1. The van der Waals surface area contributed by atoms with Crippen molar-refractivity contribution in [2.45, 2.75) is 0 Å². The Bertz CT molecular complexity index is 664. The van der Waals surface area contributed by atoms with Gasteiger partial charge in [0.2, 0.25) is 0 Å². The van der Waals surface area contributed by atoms with Crippen molar-refractivity contribution in [1.29, 1.82) is 0 Å². The highest BCUT2D eigenvalue weighted by atomic mass is 16.6. The van der Waals surface area contributed by atoms with Gasteiger partial charge in [-0.15, -0.1) is 0 Å². The van der Waals surface area contributed by atoms with Crippen molar-refractivity contribution in [3.8, 4) is 0 Å². The maximum absolute atomic E-state index is 10.9. The lowest BCUT2D eigenvalue weighted by Crippen LogP contribution is -1.94. The largest absolute Gasteiger partial charge is 0.478 e. The summed E-state index contributed by atoms with van der Waals surface area (Å²) in [7, 11) is 0. The maximum atomic E-state index is 10.9. The van der Waals surface area contributed by atoms with Crippen LogP contribution in [0.1, 0.15) is 5.56 Å². The molecule has 0 amide bonds. The van der Waals surface area contributed by atoms with Gasteiger partial charge in [-0.05, 0) is 18.2 Å². The van der Waals surface area contributed by atoms with Crippen molar-refractivity contribution >= 4 is 28.6 Å². The fourth-order valence-electron chi connectivity index (χ4n) is 1.58. The Morgan fingerprint density at radius 2 is 2.22 bits per heavy atom. The van der Waals surface area contributed by atoms with E-state index in [1.54, 1.807) is 24.4 Å². The minimum atomic E-state index is -1.16. The molecule has 2 rings (SSSR count). The number of hydrogen-bond acceptors (Lipinski definition) is 4. The third kappa shape index (κ3) is 2.32. The third-order valence-corrected chi connectivity index (χ3v) is 2.35. The van der Waals surface area contributed by atoms with Crippen LogP contribution in [0.5, 0.6) is 0 Å². The van der Waals surface area contributed by atoms with Gasteiger partial charge in [0.15, 0.2) is 0 Å². The number of carbonyl (C=O) groups is 1. The number of aromatic nitrogens is 1. The second kappa shape index (κ2) is 4.62. The predicted molar refractivity (Wildman–Crippen MR) is 65.1 cm³/mol. The van der Waals surface area contributed by atoms with Gasteiger partial charge in [0.25, 0.3) is 5.69 Å². The van der Waals surface area contributed by atoms with E-state index in [9.17, 15) is 14.9 Å². The molecule has 1 aromatic heterocycles. The van der Waals surface area contributed by atoms with Crippen molar-refractivity contribution in [1.82, 2.24) is 4.98 Å². The first-order chi connectivity index (χ1) is 8.58. The molecule has 0 radical (unpaired) electrons. The first-order valence-corrected chi connectivity index (χ1v) is 5.02. The summed E-state index contributed by atoms with van der Waals surface area (Å²) in [6, 6.07) is 6.33. The first kappa shape index (κ1) is 11.7. The molecule has 0 aliphatic heterocycles. The van der Waals surface area contributed by atoms with Gasteiger partial charge in [-0.25, -0.2) is 4.79 Å². The number of fused-ring (bicyclic) bond motifs is 1. The number of hydrogen-bond donors (Lipinski definition) is 1. The lowest BCUT2D eigenvalue weighted by Gasteiger charge is -2.00. The van der Waals surface area contributed by atoms with E-state index >= 15 is 0 Å². The zero-order valence-electron chi connectivity index (χ0n) is 9.11. The molecule has 6 nitrogen and oxygen atoms in total. The topological polar surface area (TPSA) is 93.3 Å². The fraction of sp³-hybridized carbons (Fsp3) is 0. The Labute approximate surface area is 101 Å². The highest BCUT2D eigenvalue weighted by Gasteiger charge is 2.13. The Morgan fingerprint density at radius 3 is 2.89 bits per heavy atom. The van der Waals surface area contributed by atoms with Gasteiger partial charge >= 0.3 is 5.97 Å². The van der Waals surface area contributed by atoms with Crippen LogP contribution in [-0.2, 0) is 4.79 Å². The Kier molecular flexibility index (Phi) is 3.01. The summed E-state index contributed by atoms with van der Waals surface area (Å²) in [5.41, 5.74) is 0.568. The molecule has 1 aromatic carbocycles. The number of pyridine rings is 1. The molecular formula is C12H8N2O4. The van der Waals surface area contributed by atoms with Crippen LogP contribution in [0.25, 0.3) is 17.0 Å². The third-order valence-electron chi connectivity index (χ3n) is 2.35. The molecule has 2 aromatic rings. The Morgan fingerprint density at radius 1 is 1.44 bits per heavy atom. The van der Waals surface area contributed by atoms with Crippen LogP contribution in [0.4, 0.5) is 5.69 Å². The molecule has 0 saturated heterocycles. The van der Waals surface area contributed by atoms with E-state index in [1.807, 2.05) is 0 Å². The normalized spacial score (nSPS) is 10.9. The SMILES string of the molecule is O=C(O)C=Cc1cc2cccnc2cc1[N+](=O)[O-]. The monoisotopic (exact) mass is 244 g/mol. The van der Waals surface area contributed by atoms with Gasteiger partial charge in [0, 0.05) is 23.7 Å². The summed E-state index contributed by atoms with van der Waals surface area (Å²) in [6.45, 7) is 0. The molecule has 0 aliphatic carbocycles. The average Bonchev–Trinajstić information content (AvgIpc) is 2.35. The van der Waals surface area contributed by atoms with E-state index in [-0.39, 0.29) is 11.3 Å². The van der Waals surface area contributed by atoms with Crippen LogP contribution in [0.3, 0.4) is 0 Å². The molecule has 1 heterocycles. The number of benzene rings is 1. The molecule has 0 bridgehead atoms. The smallest absolute Gasteiger partial charge is 0.328 e. The average molecular weight is 244 g/mol. The van der Waals surface area contributed by atoms with Gasteiger partial charge in [-0.1, -0.05) is 6.07 Å². The zero-order valence-corrected chi connectivity index (χ0v) is 9.11. The van der Waals surface area contributed by atoms with Gasteiger partial charge in [-0.2, -0.15) is 0 Å². The molecule has 1 N–H and O–H groups in total. The van der Waals surface area contributed by atoms with Crippen molar-refractivity contribution in [2.75, 3.05) is 0 Å². The second-order valence-corrected chi connectivity index (χ2v) is 3.54. The summed E-state index contributed by atoms with van der Waals surface area (Å²) in [5, 5.41) is 20.2. The molecule has 0 aliphatic rings. The van der Waals surface area contributed by atoms with E-state index < -0.39 is 10.9 Å². The van der Waals surface area contributed by atoms with E-state index in [2.05, 4.69) is 4.98 Å². The van der Waals surface area contributed by atoms with E-state index in [0.717, 1.165) is 6.08 Å². The quantitative estimate of drug-likeness (QED) is 0.507. The summed E-state index contributed by atoms with van der Waals surface area (Å²) in [4.78, 5) is 24.8. The van der Waals surface area contributed by atoms with Gasteiger partial charge < -0.3 is 5.11 Å². The number of aliphatic carboxylic acids is 1. The Hall–Kier alpha value is -2.76. The molecule has 0 spiro atoms. The van der Waals surface area contributed by atoms with Crippen LogP contribution >= 0.6 is 0 Å². The van der Waals surface area contributed by atoms with Crippen molar-refractivity contribution < 1.29 is 14.8 Å². The molecule has 0 fully saturated rings. The highest BCUT2D eigenvalue weighted by Crippen LogP contribution is 2.25. The van der Waals surface area contributed by atoms with Crippen LogP contribution in [0.2, 0.25) is 0 Å². The second-order valence-electron chi connectivity index (χ2n) is 3.54. The number of nitrogens with zero attached hydrogens (tertiary/aromatic N) is 2. The van der Waals surface area contributed by atoms with Crippen molar-refractivity contribution in [3.05, 3.63) is 52.2 Å². The number of nitro groups is 1. The fourth-order valence-corrected chi connectivity index (χ4v) is 1.58. The summed E-state index contributed by atoms with van der Waals surface area (Å²) >= 11 is 0. The highest BCUT2D eigenvalue weighted by molar-refractivity contribution is 5.90. The van der Waals surface area contributed by atoms with Gasteiger partial charge in [0.05, 0.1) is 16.0 Å². The standard InChI is InChI=1S/C12H8N2O4/c15-12(16)4-3-9-6-8-2-1-5-13-10(8)7-11(9)14(17)18/h1-7H,(H,15,16). The molecule has 6 heteroatoms. The minimum Gasteiger partial charge on any atom is -0.478 e. The number of carboxylic acid groups (broad SMARTS) is 1. The molecule has 0 atom stereocenters. The molecule has 90 valence electrons. The van der Waals surface area contributed by atoms with Crippen molar-refractivity contribution in [2.24, 2.45) is 0 Å². The maximum Gasteiger partial charge on any atom is 0.328 e. The number of nitro benzene ring substituents is 1.